The van der Waals surface area contributed by atoms with Gasteiger partial charge in [-0.05, 0) is 64.2 Å². The minimum atomic E-state index is -0.778. The first-order chi connectivity index (χ1) is 26.5. The molecule has 0 aliphatic heterocycles. The highest BCUT2D eigenvalue weighted by Crippen LogP contribution is 2.14. The minimum Gasteiger partial charge on any atom is -0.462 e. The second-order valence-electron chi connectivity index (χ2n) is 15.7. The number of carbonyl (C=O) groups is 3. The van der Waals surface area contributed by atoms with Gasteiger partial charge in [0.15, 0.2) is 6.10 Å². The van der Waals surface area contributed by atoms with Gasteiger partial charge in [-0.1, -0.05) is 186 Å². The normalized spacial score (nSPS) is 12.1. The fourth-order valence-corrected chi connectivity index (χ4v) is 6.62. The van der Waals surface area contributed by atoms with E-state index in [2.05, 4.69) is 45.1 Å². The van der Waals surface area contributed by atoms with E-state index in [4.69, 9.17) is 14.2 Å². The lowest BCUT2D eigenvalue weighted by molar-refractivity contribution is -0.167. The van der Waals surface area contributed by atoms with Gasteiger partial charge in [0.2, 0.25) is 0 Å². The lowest BCUT2D eigenvalue weighted by Crippen LogP contribution is -2.30. The maximum absolute atomic E-state index is 12.7. The Morgan fingerprint density at radius 1 is 0.352 bits per heavy atom. The molecule has 0 saturated carbocycles. The van der Waals surface area contributed by atoms with Gasteiger partial charge in [-0.2, -0.15) is 0 Å². The van der Waals surface area contributed by atoms with Gasteiger partial charge in [0.25, 0.3) is 0 Å². The number of allylic oxidation sites excluding steroid dienone is 4. The van der Waals surface area contributed by atoms with Crippen molar-refractivity contribution in [1.29, 1.82) is 0 Å². The van der Waals surface area contributed by atoms with E-state index >= 15 is 0 Å². The first kappa shape index (κ1) is 51.9. The van der Waals surface area contributed by atoms with E-state index in [9.17, 15) is 14.4 Å². The Labute approximate surface area is 334 Å². The summed E-state index contributed by atoms with van der Waals surface area (Å²) in [5, 5.41) is 0. The van der Waals surface area contributed by atoms with Gasteiger partial charge in [-0.15, -0.1) is 0 Å². The Balaban J connectivity index is 4.33. The quantitative estimate of drug-likeness (QED) is 0.0267. The van der Waals surface area contributed by atoms with Crippen molar-refractivity contribution in [3.63, 3.8) is 0 Å². The van der Waals surface area contributed by atoms with E-state index in [1.807, 2.05) is 0 Å². The van der Waals surface area contributed by atoms with Crippen molar-refractivity contribution in [2.24, 2.45) is 0 Å². The molecule has 54 heavy (non-hydrogen) atoms. The maximum Gasteiger partial charge on any atom is 0.306 e. The van der Waals surface area contributed by atoms with Crippen LogP contribution >= 0.6 is 0 Å². The molecule has 316 valence electrons. The van der Waals surface area contributed by atoms with Crippen molar-refractivity contribution in [3.05, 3.63) is 24.3 Å². The Bertz CT molecular complexity index is 880. The number of hydrogen-bond donors (Lipinski definition) is 0. The second kappa shape index (κ2) is 43.6. The molecule has 0 spiro atoms. The van der Waals surface area contributed by atoms with Crippen LogP contribution in [-0.4, -0.2) is 37.2 Å². The molecule has 0 aliphatic carbocycles. The SMILES string of the molecule is CCCCCC/C=C\CCCC(=O)OCC(COC(=O)CCCCCCC/C=C\CCCCCCCCC)OC(=O)CCCCCCCCCCCCC. The minimum absolute atomic E-state index is 0.0813. The van der Waals surface area contributed by atoms with Crippen molar-refractivity contribution < 1.29 is 28.6 Å². The third kappa shape index (κ3) is 41.1. The topological polar surface area (TPSA) is 78.9 Å². The monoisotopic (exact) mass is 761 g/mol. The molecular formula is C48H88O6. The van der Waals surface area contributed by atoms with Crippen molar-refractivity contribution in [3.8, 4) is 0 Å². The highest BCUT2D eigenvalue weighted by Gasteiger charge is 2.19. The van der Waals surface area contributed by atoms with E-state index in [-0.39, 0.29) is 31.1 Å². The van der Waals surface area contributed by atoms with Crippen LogP contribution in [0.1, 0.15) is 245 Å². The molecule has 0 fully saturated rings. The molecule has 0 heterocycles. The van der Waals surface area contributed by atoms with Crippen LogP contribution < -0.4 is 0 Å². The molecule has 1 unspecified atom stereocenters. The molecule has 6 heteroatoms. The molecule has 0 radical (unpaired) electrons. The van der Waals surface area contributed by atoms with Crippen molar-refractivity contribution in [1.82, 2.24) is 0 Å². The Hall–Kier alpha value is -2.11. The third-order valence-electron chi connectivity index (χ3n) is 10.2. The van der Waals surface area contributed by atoms with E-state index in [0.29, 0.717) is 19.3 Å². The molecule has 0 saturated heterocycles. The van der Waals surface area contributed by atoms with Crippen LogP contribution in [0.15, 0.2) is 24.3 Å². The average Bonchev–Trinajstić information content (AvgIpc) is 3.17. The van der Waals surface area contributed by atoms with Gasteiger partial charge in [-0.3, -0.25) is 14.4 Å². The van der Waals surface area contributed by atoms with Crippen molar-refractivity contribution in [2.45, 2.75) is 252 Å². The molecule has 1 atom stereocenters. The second-order valence-corrected chi connectivity index (χ2v) is 15.7. The highest BCUT2D eigenvalue weighted by molar-refractivity contribution is 5.71. The van der Waals surface area contributed by atoms with Gasteiger partial charge in [0.1, 0.15) is 13.2 Å². The smallest absolute Gasteiger partial charge is 0.306 e. The van der Waals surface area contributed by atoms with Crippen LogP contribution in [0.4, 0.5) is 0 Å². The van der Waals surface area contributed by atoms with Gasteiger partial charge in [0.05, 0.1) is 0 Å². The van der Waals surface area contributed by atoms with Crippen LogP contribution in [0.25, 0.3) is 0 Å². The molecule has 0 N–H and O–H groups in total. The number of ether oxygens (including phenoxy) is 3. The van der Waals surface area contributed by atoms with Crippen LogP contribution in [-0.2, 0) is 28.6 Å². The summed E-state index contributed by atoms with van der Waals surface area (Å²) >= 11 is 0. The van der Waals surface area contributed by atoms with Gasteiger partial charge < -0.3 is 14.2 Å². The Morgan fingerprint density at radius 3 is 1.02 bits per heavy atom. The molecule has 0 rings (SSSR count). The number of carbonyl (C=O) groups excluding carboxylic acids is 3. The zero-order valence-electron chi connectivity index (χ0n) is 36.0. The molecule has 0 aliphatic rings. The van der Waals surface area contributed by atoms with Crippen LogP contribution in [0, 0.1) is 0 Å². The van der Waals surface area contributed by atoms with E-state index < -0.39 is 6.10 Å². The van der Waals surface area contributed by atoms with E-state index in [0.717, 1.165) is 64.2 Å². The molecule has 6 nitrogen and oxygen atoms in total. The summed E-state index contributed by atoms with van der Waals surface area (Å²) in [6.45, 7) is 6.56. The summed E-state index contributed by atoms with van der Waals surface area (Å²) in [4.78, 5) is 37.6. The van der Waals surface area contributed by atoms with Gasteiger partial charge in [-0.25, -0.2) is 0 Å². The first-order valence-electron chi connectivity index (χ1n) is 23.3. The maximum atomic E-state index is 12.7. The summed E-state index contributed by atoms with van der Waals surface area (Å²) in [7, 11) is 0. The van der Waals surface area contributed by atoms with Gasteiger partial charge in [0, 0.05) is 19.3 Å². The van der Waals surface area contributed by atoms with Gasteiger partial charge >= 0.3 is 17.9 Å². The van der Waals surface area contributed by atoms with E-state index in [1.54, 1.807) is 0 Å². The third-order valence-corrected chi connectivity index (χ3v) is 10.2. The molecule has 0 amide bonds. The number of esters is 3. The largest absolute Gasteiger partial charge is 0.462 e. The summed E-state index contributed by atoms with van der Waals surface area (Å²) in [5.41, 5.74) is 0. The molecular weight excluding hydrogens is 673 g/mol. The first-order valence-corrected chi connectivity index (χ1v) is 23.3. The average molecular weight is 761 g/mol. The Morgan fingerprint density at radius 2 is 0.630 bits per heavy atom. The van der Waals surface area contributed by atoms with Crippen LogP contribution in [0.3, 0.4) is 0 Å². The summed E-state index contributed by atoms with van der Waals surface area (Å²) < 4.78 is 16.7. The van der Waals surface area contributed by atoms with Crippen LogP contribution in [0.2, 0.25) is 0 Å². The summed E-state index contributed by atoms with van der Waals surface area (Å²) in [5.74, 6) is -0.921. The number of hydrogen-bond acceptors (Lipinski definition) is 6. The fraction of sp³-hybridized carbons (Fsp3) is 0.854. The highest BCUT2D eigenvalue weighted by atomic mass is 16.6. The fourth-order valence-electron chi connectivity index (χ4n) is 6.62. The van der Waals surface area contributed by atoms with Crippen LogP contribution in [0.5, 0.6) is 0 Å². The predicted octanol–water partition coefficient (Wildman–Crippen LogP) is 14.8. The predicted molar refractivity (Wildman–Crippen MR) is 229 cm³/mol. The number of rotatable bonds is 42. The molecule has 0 aromatic carbocycles. The molecule has 0 aromatic rings. The Kier molecular flexibility index (Phi) is 41.9. The summed E-state index contributed by atoms with van der Waals surface area (Å²) in [6.07, 6.45) is 47.4. The van der Waals surface area contributed by atoms with Crippen molar-refractivity contribution >= 4 is 17.9 Å². The van der Waals surface area contributed by atoms with Crippen molar-refractivity contribution in [2.75, 3.05) is 13.2 Å². The molecule has 0 bridgehead atoms. The lowest BCUT2D eigenvalue weighted by Gasteiger charge is -2.18. The zero-order chi connectivity index (χ0) is 39.4. The molecule has 0 aromatic heterocycles. The zero-order valence-corrected chi connectivity index (χ0v) is 36.0. The number of unbranched alkanes of at least 4 members (excludes halogenated alkanes) is 27. The van der Waals surface area contributed by atoms with E-state index in [1.165, 1.54) is 141 Å². The standard InChI is InChI=1S/C48H88O6/c1-4-7-10-13-16-19-21-22-23-24-25-27-29-32-35-38-41-47(50)53-44-45(43-52-46(49)40-37-34-31-28-18-15-12-9-6-3)54-48(51)42-39-36-33-30-26-20-17-14-11-8-5-2/h23-24,28,31,45H,4-22,25-27,29-30,32-44H2,1-3H3/b24-23-,31-28-. The lowest BCUT2D eigenvalue weighted by atomic mass is 10.1. The summed E-state index contributed by atoms with van der Waals surface area (Å²) in [6, 6.07) is 0.